The van der Waals surface area contributed by atoms with Gasteiger partial charge in [-0.1, -0.05) is 13.8 Å². The van der Waals surface area contributed by atoms with Crippen LogP contribution < -0.4 is 4.90 Å². The molecule has 1 N–H and O–H groups in total. The maximum absolute atomic E-state index is 12.8. The quantitative estimate of drug-likeness (QED) is 0.757. The summed E-state index contributed by atoms with van der Waals surface area (Å²) in [7, 11) is 1.73. The lowest BCUT2D eigenvalue weighted by Crippen LogP contribution is -2.38. The molecular weight excluding hydrogens is 380 g/mol. The first kappa shape index (κ1) is 20.5. The number of carbonyl (C=O) groups excluding carboxylic acids is 2. The number of nitrogens with zero attached hydrogens (tertiary/aromatic N) is 5. The zero-order valence-corrected chi connectivity index (χ0v) is 18.2. The molecule has 0 atom stereocenters. The van der Waals surface area contributed by atoms with E-state index in [1.54, 1.807) is 16.8 Å². The van der Waals surface area contributed by atoms with E-state index in [4.69, 9.17) is 4.98 Å². The lowest BCUT2D eigenvalue weighted by atomic mass is 10.0. The summed E-state index contributed by atoms with van der Waals surface area (Å²) in [5.74, 6) is 2.23. The van der Waals surface area contributed by atoms with Crippen molar-refractivity contribution < 1.29 is 9.59 Å². The Bertz CT molecular complexity index is 963. The van der Waals surface area contributed by atoms with Crippen molar-refractivity contribution in [2.45, 2.75) is 65.3 Å². The lowest BCUT2D eigenvalue weighted by molar-refractivity contribution is -0.119. The van der Waals surface area contributed by atoms with Crippen molar-refractivity contribution in [2.24, 2.45) is 5.92 Å². The van der Waals surface area contributed by atoms with Crippen molar-refractivity contribution in [1.82, 2.24) is 25.1 Å². The van der Waals surface area contributed by atoms with Crippen molar-refractivity contribution in [2.75, 3.05) is 18.5 Å². The third kappa shape index (κ3) is 4.22. The number of amides is 2. The summed E-state index contributed by atoms with van der Waals surface area (Å²) in [6.07, 6.45) is 4.39. The largest absolute Gasteiger partial charge is 0.333 e. The summed E-state index contributed by atoms with van der Waals surface area (Å²) >= 11 is 0. The molecule has 0 radical (unpaired) electrons. The molecular formula is C22H30N6O2. The van der Waals surface area contributed by atoms with Crippen LogP contribution in [-0.4, -0.2) is 50.5 Å². The molecule has 1 fully saturated rings. The molecule has 0 spiro atoms. The molecule has 2 aromatic rings. The number of hydrogen-bond acceptors (Lipinski definition) is 5. The van der Waals surface area contributed by atoms with Gasteiger partial charge in [-0.05, 0) is 44.6 Å². The molecule has 1 aliphatic carbocycles. The van der Waals surface area contributed by atoms with Crippen molar-refractivity contribution >= 4 is 17.6 Å². The van der Waals surface area contributed by atoms with Crippen LogP contribution in [0, 0.1) is 12.8 Å². The van der Waals surface area contributed by atoms with Crippen LogP contribution in [-0.2, 0) is 17.8 Å². The van der Waals surface area contributed by atoms with Crippen molar-refractivity contribution in [3.8, 4) is 0 Å². The minimum Gasteiger partial charge on any atom is -0.333 e. The van der Waals surface area contributed by atoms with Crippen LogP contribution in [0.5, 0.6) is 0 Å². The number of aromatic amines is 1. The summed E-state index contributed by atoms with van der Waals surface area (Å²) in [4.78, 5) is 38.1. The van der Waals surface area contributed by atoms with Gasteiger partial charge in [-0.25, -0.2) is 9.97 Å². The van der Waals surface area contributed by atoms with E-state index in [0.29, 0.717) is 48.6 Å². The number of aryl methyl sites for hydroxylation is 1. The first-order chi connectivity index (χ1) is 14.3. The Balaban J connectivity index is 1.53. The number of rotatable bonds is 7. The van der Waals surface area contributed by atoms with Crippen LogP contribution in [0.1, 0.15) is 78.7 Å². The molecule has 2 amide bonds. The molecule has 30 heavy (non-hydrogen) atoms. The van der Waals surface area contributed by atoms with Gasteiger partial charge in [0.15, 0.2) is 0 Å². The minimum absolute atomic E-state index is 0.112. The number of H-pyrrole nitrogens is 1. The molecule has 0 bridgehead atoms. The highest BCUT2D eigenvalue weighted by molar-refractivity contribution is 5.95. The van der Waals surface area contributed by atoms with Gasteiger partial charge in [0.1, 0.15) is 17.3 Å². The summed E-state index contributed by atoms with van der Waals surface area (Å²) in [5.41, 5.74) is 3.38. The average molecular weight is 411 g/mol. The van der Waals surface area contributed by atoms with Gasteiger partial charge in [-0.3, -0.25) is 19.6 Å². The predicted octanol–water partition coefficient (Wildman–Crippen LogP) is 2.98. The SMILES string of the molecule is Cc1nc(CN(C)C(=O)c2cc(C3CC3)[nH]n2)nc2c1CCC(=O)N2CCC(C)C. The van der Waals surface area contributed by atoms with Crippen LogP contribution in [0.25, 0.3) is 0 Å². The third-order valence-corrected chi connectivity index (χ3v) is 5.87. The number of hydrogen-bond donors (Lipinski definition) is 1. The standard InChI is InChI=1S/C22H30N6O2/c1-13(2)9-10-28-20(29)8-7-16-14(3)23-19(24-21(16)28)12-27(4)22(30)18-11-17(25-26-18)15-5-6-15/h11,13,15H,5-10,12H2,1-4H3,(H,25,26). The topological polar surface area (TPSA) is 95.1 Å². The van der Waals surface area contributed by atoms with Gasteiger partial charge in [-0.2, -0.15) is 5.10 Å². The van der Waals surface area contributed by atoms with E-state index >= 15 is 0 Å². The Morgan fingerprint density at radius 2 is 2.07 bits per heavy atom. The first-order valence-corrected chi connectivity index (χ1v) is 10.8. The number of fused-ring (bicyclic) bond motifs is 1. The van der Waals surface area contributed by atoms with Gasteiger partial charge >= 0.3 is 0 Å². The first-order valence-electron chi connectivity index (χ1n) is 10.8. The average Bonchev–Trinajstić information content (AvgIpc) is 3.43. The molecule has 2 aliphatic rings. The zero-order valence-electron chi connectivity index (χ0n) is 18.2. The molecule has 8 heteroatoms. The molecule has 0 saturated heterocycles. The monoisotopic (exact) mass is 410 g/mol. The van der Waals surface area contributed by atoms with Crippen LogP contribution in [0.15, 0.2) is 6.07 Å². The van der Waals surface area contributed by atoms with Crippen LogP contribution in [0.2, 0.25) is 0 Å². The number of anilines is 1. The molecule has 4 rings (SSSR count). The Morgan fingerprint density at radius 3 is 2.77 bits per heavy atom. The predicted molar refractivity (Wildman–Crippen MR) is 113 cm³/mol. The summed E-state index contributed by atoms with van der Waals surface area (Å²) in [5, 5.41) is 7.16. The van der Waals surface area contributed by atoms with Crippen molar-refractivity contribution in [3.63, 3.8) is 0 Å². The van der Waals surface area contributed by atoms with Crippen LogP contribution in [0.4, 0.5) is 5.82 Å². The maximum Gasteiger partial charge on any atom is 0.274 e. The van der Waals surface area contributed by atoms with Crippen molar-refractivity contribution in [3.05, 3.63) is 34.5 Å². The molecule has 160 valence electrons. The normalized spacial score (nSPS) is 16.2. The van der Waals surface area contributed by atoms with Gasteiger partial charge < -0.3 is 4.90 Å². The smallest absolute Gasteiger partial charge is 0.274 e. The van der Waals surface area contributed by atoms with E-state index in [0.717, 1.165) is 36.2 Å². The fraction of sp³-hybridized carbons (Fsp3) is 0.591. The highest BCUT2D eigenvalue weighted by atomic mass is 16.2. The Kier molecular flexibility index (Phi) is 5.58. The molecule has 0 unspecified atom stereocenters. The highest BCUT2D eigenvalue weighted by Crippen LogP contribution is 2.39. The Hall–Kier alpha value is -2.77. The number of nitrogens with one attached hydrogen (secondary N) is 1. The summed E-state index contributed by atoms with van der Waals surface area (Å²) < 4.78 is 0. The van der Waals surface area contributed by atoms with Gasteiger partial charge in [-0.15, -0.1) is 0 Å². The van der Waals surface area contributed by atoms with E-state index in [9.17, 15) is 9.59 Å². The van der Waals surface area contributed by atoms with Gasteiger partial charge in [0.25, 0.3) is 5.91 Å². The van der Waals surface area contributed by atoms with Crippen LogP contribution >= 0.6 is 0 Å². The van der Waals surface area contributed by atoms with E-state index in [1.807, 2.05) is 13.0 Å². The van der Waals surface area contributed by atoms with Crippen LogP contribution in [0.3, 0.4) is 0 Å². The van der Waals surface area contributed by atoms with E-state index in [-0.39, 0.29) is 18.4 Å². The fourth-order valence-corrected chi connectivity index (χ4v) is 3.86. The zero-order chi connectivity index (χ0) is 21.4. The van der Waals surface area contributed by atoms with Crippen molar-refractivity contribution in [1.29, 1.82) is 0 Å². The molecule has 1 saturated carbocycles. The van der Waals surface area contributed by atoms with E-state index in [2.05, 4.69) is 29.0 Å². The lowest BCUT2D eigenvalue weighted by Gasteiger charge is -2.30. The second kappa shape index (κ2) is 8.16. The molecule has 1 aliphatic heterocycles. The number of aromatic nitrogens is 4. The fourth-order valence-electron chi connectivity index (χ4n) is 3.86. The summed E-state index contributed by atoms with van der Waals surface area (Å²) in [6.45, 7) is 7.18. The maximum atomic E-state index is 12.8. The van der Waals surface area contributed by atoms with Gasteiger partial charge in [0, 0.05) is 42.9 Å². The highest BCUT2D eigenvalue weighted by Gasteiger charge is 2.29. The molecule has 2 aromatic heterocycles. The second-order valence-corrected chi connectivity index (χ2v) is 8.90. The van der Waals surface area contributed by atoms with E-state index < -0.39 is 0 Å². The number of carbonyl (C=O) groups is 2. The molecule has 3 heterocycles. The Labute approximate surface area is 177 Å². The second-order valence-electron chi connectivity index (χ2n) is 8.90. The van der Waals surface area contributed by atoms with Gasteiger partial charge in [0.05, 0.1) is 6.54 Å². The Morgan fingerprint density at radius 1 is 1.30 bits per heavy atom. The van der Waals surface area contributed by atoms with E-state index in [1.165, 1.54) is 0 Å². The molecule has 0 aromatic carbocycles. The summed E-state index contributed by atoms with van der Waals surface area (Å²) in [6, 6.07) is 1.85. The minimum atomic E-state index is -0.162. The van der Waals surface area contributed by atoms with Gasteiger partial charge in [0.2, 0.25) is 5.91 Å². The molecule has 8 nitrogen and oxygen atoms in total. The third-order valence-electron chi connectivity index (χ3n) is 5.87.